The summed E-state index contributed by atoms with van der Waals surface area (Å²) in [5.41, 5.74) is -1.89. The van der Waals surface area contributed by atoms with Crippen molar-refractivity contribution in [2.24, 2.45) is 0 Å². The maximum atomic E-state index is 13.0. The van der Waals surface area contributed by atoms with Crippen LogP contribution < -0.4 is 5.32 Å². The Morgan fingerprint density at radius 1 is 1.25 bits per heavy atom. The first-order valence-corrected chi connectivity index (χ1v) is 10.4. The van der Waals surface area contributed by atoms with Gasteiger partial charge in [0.2, 0.25) is 5.91 Å². The molecule has 1 saturated heterocycles. The lowest BCUT2D eigenvalue weighted by atomic mass is 9.94. The molecule has 0 radical (unpaired) electrons. The van der Waals surface area contributed by atoms with Gasteiger partial charge in [0.1, 0.15) is 17.7 Å². The van der Waals surface area contributed by atoms with E-state index in [1.807, 2.05) is 0 Å². The predicted molar refractivity (Wildman–Crippen MR) is 109 cm³/mol. The number of carbonyl (C=O) groups is 5. The summed E-state index contributed by atoms with van der Waals surface area (Å²) < 4.78 is 10.2. The molecule has 1 fully saturated rings. The van der Waals surface area contributed by atoms with Crippen molar-refractivity contribution in [2.45, 2.75) is 23.9 Å². The third-order valence-corrected chi connectivity index (χ3v) is 6.41. The van der Waals surface area contributed by atoms with Crippen LogP contribution in [0.5, 0.6) is 0 Å². The first-order valence-electron chi connectivity index (χ1n) is 9.33. The molecule has 0 spiro atoms. The molecule has 3 rings (SSSR count). The molecule has 2 aliphatic rings. The zero-order valence-electron chi connectivity index (χ0n) is 17.1. The van der Waals surface area contributed by atoms with Crippen LogP contribution in [0.1, 0.15) is 18.4 Å². The number of benzene rings is 1. The molecule has 1 aromatic rings. The fourth-order valence-corrected chi connectivity index (χ4v) is 4.97. The fourth-order valence-electron chi connectivity index (χ4n) is 3.55. The van der Waals surface area contributed by atoms with Crippen molar-refractivity contribution in [2.75, 3.05) is 19.5 Å². The summed E-state index contributed by atoms with van der Waals surface area (Å²) in [4.78, 5) is 61.6. The first kappa shape index (κ1) is 23.3. The summed E-state index contributed by atoms with van der Waals surface area (Å²) in [6.07, 6.45) is 0. The molecule has 0 saturated carbocycles. The molecule has 170 valence electrons. The summed E-state index contributed by atoms with van der Waals surface area (Å²) in [6, 6.07) is 7.75. The monoisotopic (exact) mass is 464 g/mol. The van der Waals surface area contributed by atoms with Crippen LogP contribution >= 0.6 is 11.8 Å². The second-order valence-electron chi connectivity index (χ2n) is 6.99. The van der Waals surface area contributed by atoms with Gasteiger partial charge in [0.25, 0.3) is 11.6 Å². The number of hydrogen-bond acceptors (Lipinski definition) is 8. The normalized spacial score (nSPS) is 23.0. The van der Waals surface area contributed by atoms with E-state index in [1.165, 1.54) is 19.1 Å². The van der Waals surface area contributed by atoms with Gasteiger partial charge in [-0.2, -0.15) is 0 Å². The number of methoxy groups -OCH3 is 1. The summed E-state index contributed by atoms with van der Waals surface area (Å²) >= 11 is 1.09. The molecular formula is C20H20N2O9S. The van der Waals surface area contributed by atoms with Crippen LogP contribution in [0.25, 0.3) is 0 Å². The first-order chi connectivity index (χ1) is 15.1. The van der Waals surface area contributed by atoms with Crippen molar-refractivity contribution < 1.29 is 43.7 Å². The third-order valence-electron chi connectivity index (χ3n) is 5.04. The van der Waals surface area contributed by atoms with Crippen molar-refractivity contribution in [3.8, 4) is 0 Å². The Labute approximate surface area is 186 Å². The van der Waals surface area contributed by atoms with Crippen molar-refractivity contribution >= 4 is 41.5 Å². The van der Waals surface area contributed by atoms with Crippen LogP contribution in [0.3, 0.4) is 0 Å². The smallest absolute Gasteiger partial charge is 0.352 e. The quantitative estimate of drug-likeness (QED) is 0.209. The lowest BCUT2D eigenvalue weighted by molar-refractivity contribution is -0.193. The molecule has 2 heterocycles. The van der Waals surface area contributed by atoms with Gasteiger partial charge in [-0.1, -0.05) is 30.3 Å². The second kappa shape index (κ2) is 9.01. The van der Waals surface area contributed by atoms with Crippen molar-refractivity contribution in [3.05, 3.63) is 47.2 Å². The minimum atomic E-state index is -1.95. The van der Waals surface area contributed by atoms with Crippen molar-refractivity contribution in [1.29, 1.82) is 0 Å². The Kier molecular flexibility index (Phi) is 6.55. The number of aliphatic carboxylic acids is 2. The van der Waals surface area contributed by atoms with Crippen LogP contribution in [-0.4, -0.2) is 75.4 Å². The number of β-lactam (4-membered cyclic amide) rings is 1. The van der Waals surface area contributed by atoms with Gasteiger partial charge >= 0.3 is 17.9 Å². The number of thioether (sulfide) groups is 1. The number of carboxylic acids is 2. The number of carboxylic acid groups (broad SMARTS) is 2. The minimum Gasteiger partial charge on any atom is -0.480 e. The molecular weight excluding hydrogens is 444 g/mol. The zero-order chi connectivity index (χ0) is 23.6. The van der Waals surface area contributed by atoms with Gasteiger partial charge in [-0.15, -0.1) is 11.8 Å². The molecule has 11 nitrogen and oxygen atoms in total. The van der Waals surface area contributed by atoms with Crippen LogP contribution in [0.4, 0.5) is 0 Å². The van der Waals surface area contributed by atoms with Crippen molar-refractivity contribution in [1.82, 2.24) is 10.2 Å². The highest BCUT2D eigenvalue weighted by atomic mass is 32.2. The molecule has 0 aromatic heterocycles. The zero-order valence-corrected chi connectivity index (χ0v) is 17.9. The van der Waals surface area contributed by atoms with E-state index in [0.717, 1.165) is 23.8 Å². The number of hydrogen-bond donors (Lipinski definition) is 3. The summed E-state index contributed by atoms with van der Waals surface area (Å²) in [7, 11) is 1.16. The minimum absolute atomic E-state index is 0.0887. The average molecular weight is 464 g/mol. The topological polar surface area (TPSA) is 160 Å². The van der Waals surface area contributed by atoms with E-state index in [9.17, 15) is 34.2 Å². The Hall–Kier alpha value is -3.38. The van der Waals surface area contributed by atoms with E-state index in [1.54, 1.807) is 18.2 Å². The summed E-state index contributed by atoms with van der Waals surface area (Å²) in [5, 5.41) is 20.6. The number of nitrogens with one attached hydrogen (secondary N) is 1. The molecule has 3 atom stereocenters. The Balaban J connectivity index is 1.89. The molecule has 2 amide bonds. The molecule has 0 bridgehead atoms. The molecule has 1 aromatic carbocycles. The van der Waals surface area contributed by atoms with Gasteiger partial charge in [-0.3, -0.25) is 24.1 Å². The summed E-state index contributed by atoms with van der Waals surface area (Å²) in [5.74, 6) is -6.81. The van der Waals surface area contributed by atoms with E-state index in [4.69, 9.17) is 9.47 Å². The predicted octanol–water partition coefficient (Wildman–Crippen LogP) is 0.131. The molecule has 0 aliphatic carbocycles. The van der Waals surface area contributed by atoms with Gasteiger partial charge in [-0.05, 0) is 5.56 Å². The van der Waals surface area contributed by atoms with Gasteiger partial charge < -0.3 is 25.0 Å². The van der Waals surface area contributed by atoms with Gasteiger partial charge in [0.05, 0.1) is 0 Å². The number of nitrogens with zero attached hydrogens (tertiary/aromatic N) is 1. The van der Waals surface area contributed by atoms with E-state index >= 15 is 0 Å². The van der Waals surface area contributed by atoms with Gasteiger partial charge in [0, 0.05) is 25.4 Å². The lowest BCUT2D eigenvalue weighted by Crippen LogP contribution is -2.81. The highest BCUT2D eigenvalue weighted by molar-refractivity contribution is 8.00. The Morgan fingerprint density at radius 2 is 1.91 bits per heavy atom. The standard InChI is InChI=1S/C20H20N2O9S/c1-10(23)31-8-12-9-32-19-20(30-2,18(29)22(19)14(12)17(27)28)21-15(24)13(16(25)26)11-6-4-3-5-7-11/h3-7,13,19H,8-9H2,1-2H3,(H,21,24)(H,25,26)(H,27,28)/t13?,19-,20?/m1/s1. The van der Waals surface area contributed by atoms with E-state index in [2.05, 4.69) is 5.32 Å². The number of carbonyl (C=O) groups excluding carboxylic acids is 3. The molecule has 3 N–H and O–H groups in total. The van der Waals surface area contributed by atoms with Crippen molar-refractivity contribution in [3.63, 3.8) is 0 Å². The molecule has 12 heteroatoms. The fraction of sp³-hybridized carbons (Fsp3) is 0.350. The van der Waals surface area contributed by atoms with Crippen LogP contribution in [0.2, 0.25) is 0 Å². The third kappa shape index (κ3) is 3.94. The Morgan fingerprint density at radius 3 is 2.44 bits per heavy atom. The highest BCUT2D eigenvalue weighted by Gasteiger charge is 2.67. The largest absolute Gasteiger partial charge is 0.480 e. The number of amides is 2. The van der Waals surface area contributed by atoms with Crippen LogP contribution in [0, 0.1) is 0 Å². The number of ether oxygens (including phenoxy) is 2. The number of fused-ring (bicyclic) bond motifs is 1. The van der Waals surface area contributed by atoms with Crippen LogP contribution in [0.15, 0.2) is 41.6 Å². The maximum absolute atomic E-state index is 13.0. The number of esters is 1. The van der Waals surface area contributed by atoms with Crippen LogP contribution in [-0.2, 0) is 33.4 Å². The van der Waals surface area contributed by atoms with E-state index in [0.29, 0.717) is 0 Å². The molecule has 2 unspecified atom stereocenters. The van der Waals surface area contributed by atoms with Gasteiger partial charge in [-0.25, -0.2) is 4.79 Å². The highest BCUT2D eigenvalue weighted by Crippen LogP contribution is 2.46. The average Bonchev–Trinajstić information content (AvgIpc) is 2.75. The summed E-state index contributed by atoms with van der Waals surface area (Å²) in [6.45, 7) is 0.869. The molecule has 32 heavy (non-hydrogen) atoms. The SMILES string of the molecule is COC1(NC(=O)C(C(=O)O)c2ccccc2)C(=O)N2C(C(=O)O)=C(COC(C)=O)CS[C@@H]21. The Bertz CT molecular complexity index is 1010. The van der Waals surface area contributed by atoms with Gasteiger partial charge in [0.15, 0.2) is 5.92 Å². The lowest BCUT2D eigenvalue weighted by Gasteiger charge is -2.55. The molecule has 2 aliphatic heterocycles. The van der Waals surface area contributed by atoms with E-state index < -0.39 is 46.7 Å². The van der Waals surface area contributed by atoms with E-state index in [-0.39, 0.29) is 29.2 Å². The maximum Gasteiger partial charge on any atom is 0.352 e. The number of rotatable bonds is 8. The second-order valence-corrected chi connectivity index (χ2v) is 8.06.